The number of carbonyl (C=O) groups is 3. The molecule has 1 aliphatic carbocycles. The standard InChI is InChI=1S/C50H58F3N9O5/c51-50(52,53)40-28-55-48(58-45(40)62-41(18-25-67-62)35-4-2-1-3-5-35)56-43-14-10-36(27-54-43)34-16-21-59(22-17-34)29-32-6-8-33(9-7-32)30-60-23-19-49(66,20-24-60)38-11-12-39-37(26-38)31-61(47(39)65)42-13-15-44(63)57-46(42)64/h1-5,10-12,14,26-28,32-34,41-42,66H,6-9,13,15-25,29-31H2,(H,57,63,64)(H,54,55,56,58)/t32?,33?,41-,42?/m0/s1. The van der Waals surface area contributed by atoms with Crippen LogP contribution in [0.15, 0.2) is 73.1 Å². The van der Waals surface area contributed by atoms with Crippen LogP contribution in [-0.2, 0) is 32.7 Å². The number of hydrogen-bond donors (Lipinski definition) is 3. The molecule has 17 heteroatoms. The van der Waals surface area contributed by atoms with Crippen LogP contribution < -0.4 is 15.7 Å². The van der Waals surface area contributed by atoms with Crippen molar-refractivity contribution in [2.45, 2.75) is 107 Å². The van der Waals surface area contributed by atoms with Crippen LogP contribution in [-0.4, -0.2) is 104 Å². The summed E-state index contributed by atoms with van der Waals surface area (Å²) in [5, 5.41) is 18.4. The lowest BCUT2D eigenvalue weighted by molar-refractivity contribution is -0.138. The summed E-state index contributed by atoms with van der Waals surface area (Å²) in [5.74, 6) is 0.915. The van der Waals surface area contributed by atoms with Gasteiger partial charge in [-0.1, -0.05) is 48.5 Å². The predicted molar refractivity (Wildman–Crippen MR) is 243 cm³/mol. The Balaban J connectivity index is 0.657. The first-order chi connectivity index (χ1) is 32.4. The van der Waals surface area contributed by atoms with Crippen LogP contribution in [0.5, 0.6) is 0 Å². The molecule has 0 bridgehead atoms. The highest BCUT2D eigenvalue weighted by Crippen LogP contribution is 2.43. The number of likely N-dealkylation sites (tertiary alicyclic amines) is 2. The van der Waals surface area contributed by atoms with Gasteiger partial charge in [-0.15, -0.1) is 0 Å². The van der Waals surface area contributed by atoms with Crippen LogP contribution in [0.2, 0.25) is 0 Å². The van der Waals surface area contributed by atoms with E-state index in [4.69, 9.17) is 4.84 Å². The van der Waals surface area contributed by atoms with Crippen LogP contribution in [0.4, 0.5) is 30.8 Å². The molecule has 2 aromatic carbocycles. The van der Waals surface area contributed by atoms with Crippen LogP contribution in [0.1, 0.15) is 121 Å². The van der Waals surface area contributed by atoms with Gasteiger partial charge in [0.15, 0.2) is 5.82 Å². The van der Waals surface area contributed by atoms with Gasteiger partial charge in [0.25, 0.3) is 5.91 Å². The summed E-state index contributed by atoms with van der Waals surface area (Å²) >= 11 is 0. The Hall–Kier alpha value is -5.49. The number of nitrogens with zero attached hydrogens (tertiary/aromatic N) is 7. The maximum atomic E-state index is 14.2. The van der Waals surface area contributed by atoms with Crippen molar-refractivity contribution in [3.8, 4) is 0 Å². The Morgan fingerprint density at radius 3 is 2.18 bits per heavy atom. The Bertz CT molecular complexity index is 2440. The number of halogens is 3. The summed E-state index contributed by atoms with van der Waals surface area (Å²) in [6, 6.07) is 17.7. The molecule has 2 aromatic heterocycles. The minimum Gasteiger partial charge on any atom is -0.385 e. The summed E-state index contributed by atoms with van der Waals surface area (Å²) in [4.78, 5) is 62.7. The zero-order valence-electron chi connectivity index (χ0n) is 37.6. The van der Waals surface area contributed by atoms with E-state index in [1.54, 1.807) is 11.0 Å². The number of aromatic nitrogens is 3. The van der Waals surface area contributed by atoms with Gasteiger partial charge in [-0.3, -0.25) is 24.5 Å². The molecule has 67 heavy (non-hydrogen) atoms. The Morgan fingerprint density at radius 1 is 0.791 bits per heavy atom. The van der Waals surface area contributed by atoms with Gasteiger partial charge in [-0.25, -0.2) is 15.0 Å². The fraction of sp³-hybridized carbons (Fsp3) is 0.520. The number of benzene rings is 2. The molecule has 5 aliphatic heterocycles. The predicted octanol–water partition coefficient (Wildman–Crippen LogP) is 7.25. The highest BCUT2D eigenvalue weighted by Gasteiger charge is 2.43. The first-order valence-corrected chi connectivity index (χ1v) is 24.0. The number of aliphatic hydroxyl groups is 1. The van der Waals surface area contributed by atoms with Crippen molar-refractivity contribution in [3.05, 3.63) is 106 Å². The highest BCUT2D eigenvalue weighted by molar-refractivity contribution is 6.05. The van der Waals surface area contributed by atoms with Crippen molar-refractivity contribution in [2.75, 3.05) is 56.3 Å². The third-order valence-electron chi connectivity index (χ3n) is 15.2. The van der Waals surface area contributed by atoms with E-state index in [0.717, 1.165) is 80.6 Å². The van der Waals surface area contributed by atoms with E-state index in [1.807, 2.05) is 60.8 Å². The number of anilines is 3. The minimum absolute atomic E-state index is 0.00428. The number of rotatable bonds is 11. The Labute approximate surface area is 388 Å². The fourth-order valence-electron chi connectivity index (χ4n) is 11.3. The third-order valence-corrected chi connectivity index (χ3v) is 15.2. The van der Waals surface area contributed by atoms with E-state index in [1.165, 1.54) is 30.7 Å². The monoisotopic (exact) mass is 921 g/mol. The minimum atomic E-state index is -4.67. The van der Waals surface area contributed by atoms with Gasteiger partial charge in [0.2, 0.25) is 17.8 Å². The first kappa shape index (κ1) is 45.3. The van der Waals surface area contributed by atoms with Crippen LogP contribution in [0.25, 0.3) is 0 Å². The smallest absolute Gasteiger partial charge is 0.385 e. The molecular formula is C50H58F3N9O5. The topological polar surface area (TPSA) is 156 Å². The molecule has 6 aliphatic rings. The summed E-state index contributed by atoms with van der Waals surface area (Å²) < 4.78 is 42.5. The molecule has 0 radical (unpaired) electrons. The van der Waals surface area contributed by atoms with Crippen molar-refractivity contribution >= 4 is 35.3 Å². The number of hydroxylamine groups is 1. The molecule has 3 amide bonds. The van der Waals surface area contributed by atoms with E-state index < -0.39 is 35.3 Å². The number of imide groups is 1. The molecule has 4 aromatic rings. The number of amides is 3. The third kappa shape index (κ3) is 9.78. The number of pyridine rings is 1. The average molecular weight is 922 g/mol. The second-order valence-corrected chi connectivity index (χ2v) is 19.5. The number of alkyl halides is 3. The summed E-state index contributed by atoms with van der Waals surface area (Å²) in [7, 11) is 0. The number of carbonyl (C=O) groups excluding carboxylic acids is 3. The number of fused-ring (bicyclic) bond motifs is 1. The SMILES string of the molecule is O=C1CCC(N2Cc3cc(C4(O)CCN(CC5CCC(CN6CCC(c7ccc(Nc8ncc(C(F)(F)F)c(N9OCC[C@H]9c9ccccc9)n8)nc7)CC6)CC5)CC4)ccc3C2=O)C(=O)N1. The van der Waals surface area contributed by atoms with E-state index in [0.29, 0.717) is 61.4 Å². The molecule has 3 N–H and O–H groups in total. The van der Waals surface area contributed by atoms with Gasteiger partial charge < -0.3 is 25.1 Å². The Kier molecular flexibility index (Phi) is 12.8. The number of hydrogen-bond acceptors (Lipinski definition) is 12. The highest BCUT2D eigenvalue weighted by atomic mass is 19.4. The summed E-state index contributed by atoms with van der Waals surface area (Å²) in [6.45, 7) is 6.45. The summed E-state index contributed by atoms with van der Waals surface area (Å²) in [6.07, 6.45) is 7.27. The number of piperidine rings is 3. The van der Waals surface area contributed by atoms with Crippen molar-refractivity contribution < 1.29 is 37.5 Å². The van der Waals surface area contributed by atoms with Gasteiger partial charge in [0.05, 0.1) is 18.2 Å². The molecule has 5 fully saturated rings. The maximum absolute atomic E-state index is 14.2. The second kappa shape index (κ2) is 18.9. The molecule has 0 spiro atoms. The van der Waals surface area contributed by atoms with Gasteiger partial charge in [0.1, 0.15) is 17.4 Å². The van der Waals surface area contributed by atoms with Crippen molar-refractivity contribution in [1.82, 2.24) is 35.0 Å². The molecule has 10 rings (SSSR count). The van der Waals surface area contributed by atoms with E-state index in [9.17, 15) is 32.7 Å². The van der Waals surface area contributed by atoms with E-state index in [-0.39, 0.29) is 36.6 Å². The molecule has 1 unspecified atom stereocenters. The zero-order chi connectivity index (χ0) is 46.3. The molecule has 2 atom stereocenters. The van der Waals surface area contributed by atoms with Gasteiger partial charge in [-0.05, 0) is 123 Å². The summed E-state index contributed by atoms with van der Waals surface area (Å²) in [5.41, 5.74) is 2.27. The maximum Gasteiger partial charge on any atom is 0.421 e. The molecule has 354 valence electrons. The van der Waals surface area contributed by atoms with Crippen molar-refractivity contribution in [2.24, 2.45) is 11.8 Å². The lowest BCUT2D eigenvalue weighted by atomic mass is 9.80. The van der Waals surface area contributed by atoms with E-state index >= 15 is 0 Å². The quantitative estimate of drug-likeness (QED) is 0.130. The largest absolute Gasteiger partial charge is 0.421 e. The molecule has 1 saturated carbocycles. The molecule has 14 nitrogen and oxygen atoms in total. The number of nitrogens with one attached hydrogen (secondary N) is 2. The second-order valence-electron chi connectivity index (χ2n) is 19.5. The molecule has 7 heterocycles. The van der Waals surface area contributed by atoms with Gasteiger partial charge >= 0.3 is 6.18 Å². The van der Waals surface area contributed by atoms with Crippen LogP contribution in [0.3, 0.4) is 0 Å². The van der Waals surface area contributed by atoms with Gasteiger partial charge in [-0.2, -0.15) is 18.2 Å². The average Bonchev–Trinajstić information content (AvgIpc) is 3.96. The lowest BCUT2D eigenvalue weighted by Gasteiger charge is -2.41. The normalized spacial score (nSPS) is 25.3. The first-order valence-electron chi connectivity index (χ1n) is 24.0. The lowest BCUT2D eigenvalue weighted by Crippen LogP contribution is -2.52. The van der Waals surface area contributed by atoms with Gasteiger partial charge in [0, 0.05) is 63.5 Å². The molecule has 4 saturated heterocycles. The Morgan fingerprint density at radius 2 is 1.51 bits per heavy atom. The van der Waals surface area contributed by atoms with Crippen LogP contribution in [0, 0.1) is 11.8 Å². The van der Waals surface area contributed by atoms with E-state index in [2.05, 4.69) is 35.4 Å². The van der Waals surface area contributed by atoms with Crippen molar-refractivity contribution in [3.63, 3.8) is 0 Å². The zero-order valence-corrected chi connectivity index (χ0v) is 37.6. The molecular weight excluding hydrogens is 864 g/mol. The van der Waals surface area contributed by atoms with Crippen molar-refractivity contribution in [1.29, 1.82) is 0 Å². The van der Waals surface area contributed by atoms with Crippen LogP contribution >= 0.6 is 0 Å². The fourth-order valence-corrected chi connectivity index (χ4v) is 11.3.